The van der Waals surface area contributed by atoms with E-state index in [0.717, 1.165) is 18.2 Å². The van der Waals surface area contributed by atoms with Gasteiger partial charge >= 0.3 is 6.03 Å². The van der Waals surface area contributed by atoms with E-state index in [4.69, 9.17) is 23.2 Å². The molecule has 2 N–H and O–H groups in total. The molecule has 0 unspecified atom stereocenters. The number of amides is 3. The van der Waals surface area contributed by atoms with E-state index in [0.29, 0.717) is 38.3 Å². The molecular formula is C20H18Cl2N4O3S. The van der Waals surface area contributed by atoms with Crippen LogP contribution in [0.5, 0.6) is 0 Å². The van der Waals surface area contributed by atoms with Gasteiger partial charge in [0.05, 0.1) is 22.3 Å². The monoisotopic (exact) mass is 464 g/mol. The molecule has 0 radical (unpaired) electrons. The van der Waals surface area contributed by atoms with E-state index in [1.54, 1.807) is 42.5 Å². The highest BCUT2D eigenvalue weighted by Crippen LogP contribution is 2.23. The molecule has 0 saturated carbocycles. The van der Waals surface area contributed by atoms with Crippen LogP contribution in [0.3, 0.4) is 0 Å². The standard InChI is InChI=1S/C20H18Cl2N4O3S/c1-2-9-23-19(29)25-17(27)11-30-20-24-16-10-13(22)5-8-15(16)18(28)26(20)14-6-3-12(21)4-7-14/h3-8,10H,2,9,11H2,1H3,(H2,23,25,27,29). The number of carbonyl (C=O) groups excluding carboxylic acids is 2. The van der Waals surface area contributed by atoms with Gasteiger partial charge in [0.1, 0.15) is 0 Å². The number of fused-ring (bicyclic) bond motifs is 1. The van der Waals surface area contributed by atoms with Crippen molar-refractivity contribution in [3.63, 3.8) is 0 Å². The van der Waals surface area contributed by atoms with Crippen molar-refractivity contribution in [1.29, 1.82) is 0 Å². The summed E-state index contributed by atoms with van der Waals surface area (Å²) >= 11 is 13.0. The van der Waals surface area contributed by atoms with E-state index >= 15 is 0 Å². The Kier molecular flexibility index (Phi) is 7.36. The average molecular weight is 465 g/mol. The molecule has 0 saturated heterocycles. The van der Waals surface area contributed by atoms with Gasteiger partial charge in [-0.3, -0.25) is 19.5 Å². The van der Waals surface area contributed by atoms with Gasteiger partial charge in [-0.1, -0.05) is 41.9 Å². The number of rotatable bonds is 6. The molecule has 0 bridgehead atoms. The second-order valence-corrected chi connectivity index (χ2v) is 8.08. The highest BCUT2D eigenvalue weighted by molar-refractivity contribution is 7.99. The predicted octanol–water partition coefficient (Wildman–Crippen LogP) is 4.02. The molecule has 0 fully saturated rings. The summed E-state index contributed by atoms with van der Waals surface area (Å²) in [7, 11) is 0. The fourth-order valence-corrected chi connectivity index (χ4v) is 3.73. The van der Waals surface area contributed by atoms with Crippen LogP contribution in [-0.2, 0) is 4.79 Å². The minimum absolute atomic E-state index is 0.106. The van der Waals surface area contributed by atoms with Crippen LogP contribution in [0.15, 0.2) is 52.4 Å². The van der Waals surface area contributed by atoms with E-state index in [9.17, 15) is 14.4 Å². The van der Waals surface area contributed by atoms with Gasteiger partial charge < -0.3 is 5.32 Å². The van der Waals surface area contributed by atoms with Gasteiger partial charge in [-0.05, 0) is 48.9 Å². The number of thioether (sulfide) groups is 1. The lowest BCUT2D eigenvalue weighted by atomic mass is 10.2. The molecule has 3 rings (SSSR count). The number of imide groups is 1. The summed E-state index contributed by atoms with van der Waals surface area (Å²) in [6.07, 6.45) is 0.757. The maximum atomic E-state index is 13.2. The molecule has 0 spiro atoms. The molecule has 30 heavy (non-hydrogen) atoms. The first-order chi connectivity index (χ1) is 14.4. The molecule has 0 aliphatic rings. The number of carbonyl (C=O) groups is 2. The third-order valence-electron chi connectivity index (χ3n) is 4.01. The Balaban J connectivity index is 1.94. The van der Waals surface area contributed by atoms with Crippen LogP contribution in [0.4, 0.5) is 4.79 Å². The number of urea groups is 1. The lowest BCUT2D eigenvalue weighted by Crippen LogP contribution is -2.40. The summed E-state index contributed by atoms with van der Waals surface area (Å²) in [4.78, 5) is 41.5. The van der Waals surface area contributed by atoms with Gasteiger partial charge in [0, 0.05) is 16.6 Å². The molecule has 10 heteroatoms. The minimum Gasteiger partial charge on any atom is -0.338 e. The first-order valence-corrected chi connectivity index (χ1v) is 10.8. The maximum Gasteiger partial charge on any atom is 0.321 e. The van der Waals surface area contributed by atoms with Gasteiger partial charge in [0.15, 0.2) is 5.16 Å². The largest absolute Gasteiger partial charge is 0.338 e. The van der Waals surface area contributed by atoms with Crippen LogP contribution >= 0.6 is 35.0 Å². The van der Waals surface area contributed by atoms with Crippen molar-refractivity contribution >= 4 is 57.8 Å². The molecule has 156 valence electrons. The highest BCUT2D eigenvalue weighted by Gasteiger charge is 2.16. The van der Waals surface area contributed by atoms with Crippen LogP contribution in [0.2, 0.25) is 10.0 Å². The topological polar surface area (TPSA) is 93.1 Å². The zero-order valence-corrected chi connectivity index (χ0v) is 18.3. The SMILES string of the molecule is CCCNC(=O)NC(=O)CSc1nc2cc(Cl)ccc2c(=O)n1-c1ccc(Cl)cc1. The zero-order valence-electron chi connectivity index (χ0n) is 15.9. The lowest BCUT2D eigenvalue weighted by molar-refractivity contribution is -0.117. The highest BCUT2D eigenvalue weighted by atomic mass is 35.5. The van der Waals surface area contributed by atoms with Crippen molar-refractivity contribution in [3.05, 3.63) is 62.9 Å². The van der Waals surface area contributed by atoms with Crippen molar-refractivity contribution in [1.82, 2.24) is 20.2 Å². The van der Waals surface area contributed by atoms with Crippen molar-refractivity contribution in [2.45, 2.75) is 18.5 Å². The summed E-state index contributed by atoms with van der Waals surface area (Å²) in [5, 5.41) is 6.47. The average Bonchev–Trinajstić information content (AvgIpc) is 2.71. The number of benzene rings is 2. The van der Waals surface area contributed by atoms with Gasteiger partial charge in [0.2, 0.25) is 5.91 Å². The second-order valence-electron chi connectivity index (χ2n) is 6.27. The van der Waals surface area contributed by atoms with Gasteiger partial charge in [-0.15, -0.1) is 0 Å². The Morgan fingerprint density at radius 1 is 1.10 bits per heavy atom. The summed E-state index contributed by atoms with van der Waals surface area (Å²) in [5.74, 6) is -0.609. The normalized spacial score (nSPS) is 10.8. The van der Waals surface area contributed by atoms with Crippen LogP contribution in [0, 0.1) is 0 Å². The van der Waals surface area contributed by atoms with Crippen molar-refractivity contribution in [2.75, 3.05) is 12.3 Å². The third-order valence-corrected chi connectivity index (χ3v) is 5.43. The van der Waals surface area contributed by atoms with Crippen molar-refractivity contribution in [2.24, 2.45) is 0 Å². The molecule has 7 nitrogen and oxygen atoms in total. The summed E-state index contributed by atoms with van der Waals surface area (Å²) in [6.45, 7) is 2.38. The molecule has 1 aromatic heterocycles. The summed E-state index contributed by atoms with van der Waals surface area (Å²) < 4.78 is 1.40. The first-order valence-electron chi connectivity index (χ1n) is 9.07. The van der Waals surface area contributed by atoms with Gasteiger partial charge in [-0.25, -0.2) is 9.78 Å². The Labute approximate surface area is 186 Å². The Bertz CT molecular complexity index is 1150. The van der Waals surface area contributed by atoms with Crippen LogP contribution in [0.25, 0.3) is 16.6 Å². The van der Waals surface area contributed by atoms with Gasteiger partial charge in [-0.2, -0.15) is 0 Å². The van der Waals surface area contributed by atoms with Crippen LogP contribution in [0.1, 0.15) is 13.3 Å². The van der Waals surface area contributed by atoms with E-state index in [1.807, 2.05) is 6.92 Å². The van der Waals surface area contributed by atoms with Crippen molar-refractivity contribution < 1.29 is 9.59 Å². The molecule has 1 heterocycles. The second kappa shape index (κ2) is 9.97. The third kappa shape index (κ3) is 5.33. The molecule has 3 aromatic rings. The van der Waals surface area contributed by atoms with E-state index < -0.39 is 11.9 Å². The molecule has 0 atom stereocenters. The molecule has 0 aliphatic carbocycles. The Morgan fingerprint density at radius 2 is 1.80 bits per heavy atom. The van der Waals surface area contributed by atoms with Crippen LogP contribution < -0.4 is 16.2 Å². The molecule has 0 aliphatic heterocycles. The Morgan fingerprint density at radius 3 is 2.50 bits per heavy atom. The zero-order chi connectivity index (χ0) is 21.7. The van der Waals surface area contributed by atoms with E-state index in [-0.39, 0.29) is 11.3 Å². The number of hydrogen-bond donors (Lipinski definition) is 2. The van der Waals surface area contributed by atoms with Crippen LogP contribution in [-0.4, -0.2) is 33.8 Å². The molecule has 3 amide bonds. The summed E-state index contributed by atoms with van der Waals surface area (Å²) in [6, 6.07) is 11.0. The smallest absolute Gasteiger partial charge is 0.321 e. The van der Waals surface area contributed by atoms with Gasteiger partial charge in [0.25, 0.3) is 5.56 Å². The number of halogens is 2. The molecule has 2 aromatic carbocycles. The summed E-state index contributed by atoms with van der Waals surface area (Å²) in [5.41, 5.74) is 0.668. The van der Waals surface area contributed by atoms with Crippen molar-refractivity contribution in [3.8, 4) is 5.69 Å². The maximum absolute atomic E-state index is 13.2. The number of hydrogen-bond acceptors (Lipinski definition) is 5. The number of aromatic nitrogens is 2. The van der Waals surface area contributed by atoms with E-state index in [2.05, 4.69) is 15.6 Å². The Hall–Kier alpha value is -2.55. The number of nitrogens with one attached hydrogen (secondary N) is 2. The fraction of sp³-hybridized carbons (Fsp3) is 0.200. The minimum atomic E-state index is -0.559. The predicted molar refractivity (Wildman–Crippen MR) is 120 cm³/mol. The molecular weight excluding hydrogens is 447 g/mol. The number of nitrogens with zero attached hydrogens (tertiary/aromatic N) is 2. The van der Waals surface area contributed by atoms with E-state index in [1.165, 1.54) is 4.57 Å². The quantitative estimate of drug-likeness (QED) is 0.424. The first kappa shape index (κ1) is 22.1. The lowest BCUT2D eigenvalue weighted by Gasteiger charge is -2.13. The fourth-order valence-electron chi connectivity index (χ4n) is 2.63.